The lowest BCUT2D eigenvalue weighted by Crippen LogP contribution is -2.26. The first kappa shape index (κ1) is 17.9. The molecular formula is C15H30O2Si. The van der Waals surface area contributed by atoms with Crippen LogP contribution in [-0.2, 0) is 9.47 Å². The molecule has 2 radical (unpaired) electrons. The normalized spacial score (nSPS) is 12.4. The lowest BCUT2D eigenvalue weighted by atomic mass is 10.2. The largest absolute Gasteiger partial charge is 0.357 e. The summed E-state index contributed by atoms with van der Waals surface area (Å²) >= 11 is 0. The number of hydrogen-bond acceptors (Lipinski definition) is 2. The predicted octanol–water partition coefficient (Wildman–Crippen LogP) is 4.31. The predicted molar refractivity (Wildman–Crippen MR) is 79.9 cm³/mol. The van der Waals surface area contributed by atoms with Crippen LogP contribution in [0.2, 0.25) is 0 Å². The van der Waals surface area contributed by atoms with Gasteiger partial charge in [-0.15, -0.1) is 0 Å². The Morgan fingerprint density at radius 3 is 2.11 bits per heavy atom. The topological polar surface area (TPSA) is 18.5 Å². The van der Waals surface area contributed by atoms with Crippen LogP contribution in [0.1, 0.15) is 66.2 Å². The molecule has 0 rings (SSSR count). The van der Waals surface area contributed by atoms with Crippen molar-refractivity contribution in [1.82, 2.24) is 0 Å². The van der Waals surface area contributed by atoms with Crippen molar-refractivity contribution in [3.05, 3.63) is 11.3 Å². The average molecular weight is 270 g/mol. The molecule has 0 unspecified atom stereocenters. The van der Waals surface area contributed by atoms with Crippen LogP contribution in [-0.4, -0.2) is 28.6 Å². The van der Waals surface area contributed by atoms with E-state index >= 15 is 0 Å². The lowest BCUT2D eigenvalue weighted by molar-refractivity contribution is -0.0821. The summed E-state index contributed by atoms with van der Waals surface area (Å²) in [6.45, 7) is 10.0. The van der Waals surface area contributed by atoms with Gasteiger partial charge in [-0.2, -0.15) is 0 Å². The SMILES string of the molecule is CCCCC=C(CCCC)[Si]C(OCC)OCC. The minimum absolute atomic E-state index is 0.0234. The maximum atomic E-state index is 5.65. The van der Waals surface area contributed by atoms with Crippen molar-refractivity contribution in [3.8, 4) is 0 Å². The third kappa shape index (κ3) is 9.86. The van der Waals surface area contributed by atoms with Gasteiger partial charge in [0, 0.05) is 13.2 Å². The fourth-order valence-electron chi connectivity index (χ4n) is 1.67. The van der Waals surface area contributed by atoms with Crippen LogP contribution in [0.25, 0.3) is 0 Å². The minimum atomic E-state index is -0.0234. The van der Waals surface area contributed by atoms with Gasteiger partial charge >= 0.3 is 0 Å². The Labute approximate surface area is 116 Å². The molecule has 0 amide bonds. The summed E-state index contributed by atoms with van der Waals surface area (Å²) in [6.07, 6.45) is 9.90. The van der Waals surface area contributed by atoms with E-state index < -0.39 is 0 Å². The van der Waals surface area contributed by atoms with Crippen molar-refractivity contribution in [1.29, 1.82) is 0 Å². The van der Waals surface area contributed by atoms with Crippen molar-refractivity contribution >= 4 is 9.52 Å². The zero-order valence-electron chi connectivity index (χ0n) is 12.6. The molecule has 0 fully saturated rings. The van der Waals surface area contributed by atoms with Gasteiger partial charge in [-0.25, -0.2) is 0 Å². The number of unbranched alkanes of at least 4 members (excludes halogenated alkanes) is 3. The summed E-state index contributed by atoms with van der Waals surface area (Å²) in [7, 11) is 0.666. The summed E-state index contributed by atoms with van der Waals surface area (Å²) in [5.41, 5.74) is 0. The van der Waals surface area contributed by atoms with Gasteiger partial charge in [0.25, 0.3) is 0 Å². The second kappa shape index (κ2) is 13.3. The van der Waals surface area contributed by atoms with Gasteiger partial charge in [0.05, 0.1) is 0 Å². The highest BCUT2D eigenvalue weighted by molar-refractivity contribution is 6.46. The molecule has 0 aliphatic rings. The Hall–Kier alpha value is -0.123. The molecule has 0 saturated heterocycles. The number of ether oxygens (including phenoxy) is 2. The Morgan fingerprint density at radius 2 is 1.61 bits per heavy atom. The summed E-state index contributed by atoms with van der Waals surface area (Å²) in [6, 6.07) is 0. The van der Waals surface area contributed by atoms with Gasteiger partial charge in [0.1, 0.15) is 5.91 Å². The van der Waals surface area contributed by atoms with Crippen LogP contribution in [0.15, 0.2) is 11.3 Å². The second-order valence-electron chi connectivity index (χ2n) is 4.36. The molecule has 0 aromatic heterocycles. The van der Waals surface area contributed by atoms with Gasteiger partial charge in [-0.1, -0.05) is 50.8 Å². The molecule has 3 heteroatoms. The maximum absolute atomic E-state index is 5.65. The standard InChI is InChI=1S/C15H30O2Si/c1-5-9-11-13-14(12-10-6-2)18-15(16-7-3)17-8-4/h13,15H,5-12H2,1-4H3. The van der Waals surface area contributed by atoms with Crippen LogP contribution >= 0.6 is 0 Å². The quantitative estimate of drug-likeness (QED) is 0.299. The van der Waals surface area contributed by atoms with E-state index in [1.807, 2.05) is 13.8 Å². The molecular weight excluding hydrogens is 240 g/mol. The van der Waals surface area contributed by atoms with E-state index in [0.29, 0.717) is 9.52 Å². The number of rotatable bonds is 12. The molecule has 0 saturated carbocycles. The van der Waals surface area contributed by atoms with Crippen molar-refractivity contribution in [3.63, 3.8) is 0 Å². The minimum Gasteiger partial charge on any atom is -0.357 e. The highest BCUT2D eigenvalue weighted by atomic mass is 28.2. The van der Waals surface area contributed by atoms with E-state index in [2.05, 4.69) is 19.9 Å². The zero-order chi connectivity index (χ0) is 13.6. The molecule has 106 valence electrons. The lowest BCUT2D eigenvalue weighted by Gasteiger charge is -2.18. The van der Waals surface area contributed by atoms with E-state index in [1.54, 1.807) is 0 Å². The van der Waals surface area contributed by atoms with Gasteiger partial charge in [0.15, 0.2) is 9.52 Å². The van der Waals surface area contributed by atoms with Crippen molar-refractivity contribution in [2.75, 3.05) is 13.2 Å². The molecule has 0 aliphatic heterocycles. The second-order valence-corrected chi connectivity index (χ2v) is 5.76. The summed E-state index contributed by atoms with van der Waals surface area (Å²) in [5.74, 6) is -0.0234. The Kier molecular flexibility index (Phi) is 13.2. The van der Waals surface area contributed by atoms with Gasteiger partial charge in [-0.05, 0) is 26.7 Å². The number of hydrogen-bond donors (Lipinski definition) is 0. The van der Waals surface area contributed by atoms with E-state index in [0.717, 1.165) is 13.2 Å². The van der Waals surface area contributed by atoms with Gasteiger partial charge in [0.2, 0.25) is 0 Å². The Morgan fingerprint density at radius 1 is 1.00 bits per heavy atom. The molecule has 18 heavy (non-hydrogen) atoms. The summed E-state index contributed by atoms with van der Waals surface area (Å²) < 4.78 is 11.3. The third-order valence-electron chi connectivity index (χ3n) is 2.69. The van der Waals surface area contributed by atoms with E-state index in [1.165, 1.54) is 43.7 Å². The molecule has 0 aromatic rings. The van der Waals surface area contributed by atoms with Crippen LogP contribution < -0.4 is 0 Å². The maximum Gasteiger partial charge on any atom is 0.151 e. The molecule has 0 spiro atoms. The van der Waals surface area contributed by atoms with E-state index in [4.69, 9.17) is 9.47 Å². The molecule has 0 aliphatic carbocycles. The van der Waals surface area contributed by atoms with Crippen LogP contribution in [0.5, 0.6) is 0 Å². The van der Waals surface area contributed by atoms with Crippen molar-refractivity contribution in [2.24, 2.45) is 0 Å². The first-order valence-electron chi connectivity index (χ1n) is 7.47. The Bertz CT molecular complexity index is 199. The number of allylic oxidation sites excluding steroid dienone is 2. The van der Waals surface area contributed by atoms with Crippen LogP contribution in [0.3, 0.4) is 0 Å². The summed E-state index contributed by atoms with van der Waals surface area (Å²) in [4.78, 5) is 0. The molecule has 0 N–H and O–H groups in total. The smallest absolute Gasteiger partial charge is 0.151 e. The summed E-state index contributed by atoms with van der Waals surface area (Å²) in [5, 5.41) is 1.54. The van der Waals surface area contributed by atoms with Gasteiger partial charge in [-0.3, -0.25) is 0 Å². The molecule has 0 atom stereocenters. The zero-order valence-corrected chi connectivity index (χ0v) is 13.6. The van der Waals surface area contributed by atoms with Crippen LogP contribution in [0.4, 0.5) is 0 Å². The van der Waals surface area contributed by atoms with Gasteiger partial charge < -0.3 is 9.47 Å². The van der Waals surface area contributed by atoms with Crippen molar-refractivity contribution in [2.45, 2.75) is 72.1 Å². The van der Waals surface area contributed by atoms with Crippen molar-refractivity contribution < 1.29 is 9.47 Å². The highest BCUT2D eigenvalue weighted by Gasteiger charge is 2.12. The monoisotopic (exact) mass is 270 g/mol. The Balaban J connectivity index is 4.27. The van der Waals surface area contributed by atoms with Crippen LogP contribution in [0, 0.1) is 0 Å². The molecule has 2 nitrogen and oxygen atoms in total. The van der Waals surface area contributed by atoms with E-state index in [-0.39, 0.29) is 5.91 Å². The molecule has 0 heterocycles. The molecule has 0 aromatic carbocycles. The third-order valence-corrected chi connectivity index (χ3v) is 4.08. The fourth-order valence-corrected chi connectivity index (χ4v) is 3.05. The fraction of sp³-hybridized carbons (Fsp3) is 0.867. The highest BCUT2D eigenvalue weighted by Crippen LogP contribution is 2.12. The first-order valence-corrected chi connectivity index (χ1v) is 8.54. The average Bonchev–Trinajstić information content (AvgIpc) is 2.36. The first-order chi connectivity index (χ1) is 8.78. The van der Waals surface area contributed by atoms with E-state index in [9.17, 15) is 0 Å². The molecule has 0 bridgehead atoms.